The first-order valence-corrected chi connectivity index (χ1v) is 7.50. The van der Waals surface area contributed by atoms with Gasteiger partial charge in [-0.3, -0.25) is 4.79 Å². The lowest BCUT2D eigenvalue weighted by molar-refractivity contribution is 0.0501. The second-order valence-corrected chi connectivity index (χ2v) is 5.05. The fourth-order valence-electron chi connectivity index (χ4n) is 2.02. The Morgan fingerprint density at radius 2 is 1.96 bits per heavy atom. The number of ether oxygens (including phenoxy) is 2. The number of carbonyl (C=O) groups is 2. The average Bonchev–Trinajstić information content (AvgIpc) is 2.61. The molecule has 0 atom stereocenters. The van der Waals surface area contributed by atoms with Crippen LogP contribution in [0.5, 0.6) is 11.5 Å². The Balaban J connectivity index is 2.17. The van der Waals surface area contributed by atoms with Crippen LogP contribution in [0.1, 0.15) is 34.1 Å². The molecule has 0 unspecified atom stereocenters. The summed E-state index contributed by atoms with van der Waals surface area (Å²) in [6.07, 6.45) is 0.679. The maximum absolute atomic E-state index is 12.3. The summed E-state index contributed by atoms with van der Waals surface area (Å²) in [7, 11) is 1.52. The van der Waals surface area contributed by atoms with Gasteiger partial charge in [-0.05, 0) is 42.8 Å². The van der Waals surface area contributed by atoms with Crippen molar-refractivity contribution in [3.63, 3.8) is 0 Å². The first kappa shape index (κ1) is 17.3. The summed E-state index contributed by atoms with van der Waals surface area (Å²) in [4.78, 5) is 24.2. The first-order valence-electron chi connectivity index (χ1n) is 7.50. The number of anilines is 1. The zero-order chi connectivity index (χ0) is 17.5. The molecule has 0 aliphatic carbocycles. The lowest BCUT2D eigenvalue weighted by Crippen LogP contribution is -2.13. The van der Waals surface area contributed by atoms with Crippen molar-refractivity contribution < 1.29 is 24.2 Å². The summed E-state index contributed by atoms with van der Waals surface area (Å²) < 4.78 is 10.1. The van der Waals surface area contributed by atoms with Crippen LogP contribution >= 0.6 is 0 Å². The molecule has 0 saturated heterocycles. The molecule has 0 aliphatic rings. The van der Waals surface area contributed by atoms with Crippen molar-refractivity contribution in [1.29, 1.82) is 0 Å². The van der Waals surface area contributed by atoms with Gasteiger partial charge in [0.2, 0.25) is 0 Å². The molecule has 24 heavy (non-hydrogen) atoms. The largest absolute Gasteiger partial charge is 0.507 e. The molecule has 6 nitrogen and oxygen atoms in total. The molecule has 6 heteroatoms. The number of methoxy groups -OCH3 is 1. The highest BCUT2D eigenvalue weighted by atomic mass is 16.5. The van der Waals surface area contributed by atoms with E-state index in [1.807, 2.05) is 6.92 Å². The standard InChI is InChI=1S/C18H19NO5/c1-3-9-24-18(22)15-11-13(7-8-16(15)20)19-17(21)12-5-4-6-14(10-12)23-2/h4-8,10-11,20H,3,9H2,1-2H3,(H,19,21). The molecule has 2 aromatic carbocycles. The van der Waals surface area contributed by atoms with Crippen molar-refractivity contribution in [2.45, 2.75) is 13.3 Å². The van der Waals surface area contributed by atoms with Crippen molar-refractivity contribution >= 4 is 17.6 Å². The molecular weight excluding hydrogens is 310 g/mol. The summed E-state index contributed by atoms with van der Waals surface area (Å²) in [5.41, 5.74) is 0.800. The van der Waals surface area contributed by atoms with Crippen molar-refractivity contribution in [2.75, 3.05) is 19.0 Å². The molecule has 126 valence electrons. The summed E-state index contributed by atoms with van der Waals surface area (Å²) in [6, 6.07) is 10.9. The Kier molecular flexibility index (Phi) is 5.78. The zero-order valence-corrected chi connectivity index (χ0v) is 13.5. The van der Waals surface area contributed by atoms with Gasteiger partial charge in [0.25, 0.3) is 5.91 Å². The maximum atomic E-state index is 12.3. The molecule has 0 saturated carbocycles. The van der Waals surface area contributed by atoms with Crippen molar-refractivity contribution in [3.05, 3.63) is 53.6 Å². The van der Waals surface area contributed by atoms with Crippen molar-refractivity contribution in [1.82, 2.24) is 0 Å². The smallest absolute Gasteiger partial charge is 0.341 e. The normalized spacial score (nSPS) is 10.1. The zero-order valence-electron chi connectivity index (χ0n) is 13.5. The summed E-state index contributed by atoms with van der Waals surface area (Å²) in [6.45, 7) is 2.14. The third-order valence-corrected chi connectivity index (χ3v) is 3.24. The Hall–Kier alpha value is -3.02. The van der Waals surface area contributed by atoms with Crippen LogP contribution in [0.15, 0.2) is 42.5 Å². The molecule has 0 spiro atoms. The van der Waals surface area contributed by atoms with Gasteiger partial charge in [0.1, 0.15) is 17.1 Å². The monoisotopic (exact) mass is 329 g/mol. The van der Waals surface area contributed by atoms with E-state index in [1.54, 1.807) is 24.3 Å². The fourth-order valence-corrected chi connectivity index (χ4v) is 2.02. The van der Waals surface area contributed by atoms with Gasteiger partial charge in [0, 0.05) is 11.3 Å². The Morgan fingerprint density at radius 3 is 2.67 bits per heavy atom. The van der Waals surface area contributed by atoms with Gasteiger partial charge in [-0.2, -0.15) is 0 Å². The summed E-state index contributed by atoms with van der Waals surface area (Å²) in [5.74, 6) is -0.619. The van der Waals surface area contributed by atoms with E-state index in [0.29, 0.717) is 23.4 Å². The highest BCUT2D eigenvalue weighted by Crippen LogP contribution is 2.23. The van der Waals surface area contributed by atoms with E-state index in [-0.39, 0.29) is 23.8 Å². The third-order valence-electron chi connectivity index (χ3n) is 3.24. The van der Waals surface area contributed by atoms with Gasteiger partial charge < -0.3 is 19.9 Å². The number of hydrogen-bond donors (Lipinski definition) is 2. The van der Waals surface area contributed by atoms with E-state index >= 15 is 0 Å². The van der Waals surface area contributed by atoms with Crippen LogP contribution in [0, 0.1) is 0 Å². The first-order chi connectivity index (χ1) is 11.5. The van der Waals surface area contributed by atoms with Gasteiger partial charge in [-0.25, -0.2) is 4.79 Å². The molecule has 0 fully saturated rings. The number of aromatic hydroxyl groups is 1. The van der Waals surface area contributed by atoms with Gasteiger partial charge >= 0.3 is 5.97 Å². The minimum atomic E-state index is -0.633. The number of amides is 1. The van der Waals surface area contributed by atoms with Crippen LogP contribution in [0.3, 0.4) is 0 Å². The maximum Gasteiger partial charge on any atom is 0.341 e. The third kappa shape index (κ3) is 4.25. The quantitative estimate of drug-likeness (QED) is 0.628. The lowest BCUT2D eigenvalue weighted by Gasteiger charge is -2.10. The lowest BCUT2D eigenvalue weighted by atomic mass is 10.1. The number of esters is 1. The highest BCUT2D eigenvalue weighted by molar-refractivity contribution is 6.05. The molecule has 0 aromatic heterocycles. The van der Waals surface area contributed by atoms with Crippen LogP contribution in [-0.2, 0) is 4.74 Å². The average molecular weight is 329 g/mol. The second kappa shape index (κ2) is 8.01. The predicted molar refractivity (Wildman–Crippen MR) is 89.6 cm³/mol. The van der Waals surface area contributed by atoms with Gasteiger partial charge in [-0.1, -0.05) is 13.0 Å². The number of phenolic OH excluding ortho intramolecular Hbond substituents is 1. The van der Waals surface area contributed by atoms with E-state index in [1.165, 1.54) is 25.3 Å². The predicted octanol–water partition coefficient (Wildman–Crippen LogP) is 3.22. The fraction of sp³-hybridized carbons (Fsp3) is 0.222. The number of phenols is 1. The van der Waals surface area contributed by atoms with Gasteiger partial charge in [0.05, 0.1) is 13.7 Å². The molecule has 2 N–H and O–H groups in total. The second-order valence-electron chi connectivity index (χ2n) is 5.05. The minimum absolute atomic E-state index is 0.00638. The Labute approximate surface area is 140 Å². The van der Waals surface area contributed by atoms with Gasteiger partial charge in [-0.15, -0.1) is 0 Å². The topological polar surface area (TPSA) is 84.9 Å². The van der Waals surface area contributed by atoms with E-state index in [0.717, 1.165) is 0 Å². The highest BCUT2D eigenvalue weighted by Gasteiger charge is 2.15. The van der Waals surface area contributed by atoms with Crippen molar-refractivity contribution in [3.8, 4) is 11.5 Å². The SMILES string of the molecule is CCCOC(=O)c1cc(NC(=O)c2cccc(OC)c2)ccc1O. The Morgan fingerprint density at radius 1 is 1.17 bits per heavy atom. The number of rotatable bonds is 6. The molecule has 2 aromatic rings. The molecule has 0 bridgehead atoms. The minimum Gasteiger partial charge on any atom is -0.507 e. The van der Waals surface area contributed by atoms with Crippen LogP contribution < -0.4 is 10.1 Å². The molecule has 2 rings (SSSR count). The molecule has 0 heterocycles. The van der Waals surface area contributed by atoms with E-state index in [2.05, 4.69) is 5.32 Å². The van der Waals surface area contributed by atoms with Gasteiger partial charge in [0.15, 0.2) is 0 Å². The number of benzene rings is 2. The number of hydrogen-bond acceptors (Lipinski definition) is 5. The van der Waals surface area contributed by atoms with Crippen molar-refractivity contribution in [2.24, 2.45) is 0 Å². The Bertz CT molecular complexity index is 742. The number of nitrogens with one attached hydrogen (secondary N) is 1. The molecule has 0 radical (unpaired) electrons. The molecular formula is C18H19NO5. The molecule has 0 aliphatic heterocycles. The van der Waals surface area contributed by atoms with Crippen LogP contribution in [-0.4, -0.2) is 30.7 Å². The molecule has 1 amide bonds. The van der Waals surface area contributed by atoms with Crippen LogP contribution in [0.4, 0.5) is 5.69 Å². The number of carbonyl (C=O) groups excluding carboxylic acids is 2. The van der Waals surface area contributed by atoms with Crippen LogP contribution in [0.25, 0.3) is 0 Å². The van der Waals surface area contributed by atoms with E-state index < -0.39 is 5.97 Å². The van der Waals surface area contributed by atoms with E-state index in [4.69, 9.17) is 9.47 Å². The van der Waals surface area contributed by atoms with E-state index in [9.17, 15) is 14.7 Å². The summed E-state index contributed by atoms with van der Waals surface area (Å²) in [5, 5.41) is 12.5. The summed E-state index contributed by atoms with van der Waals surface area (Å²) >= 11 is 0. The van der Waals surface area contributed by atoms with Crippen LogP contribution in [0.2, 0.25) is 0 Å².